The minimum atomic E-state index is -0.941. The van der Waals surface area contributed by atoms with Gasteiger partial charge < -0.3 is 23.8 Å². The van der Waals surface area contributed by atoms with E-state index < -0.39 is 11.8 Å². The zero-order chi connectivity index (χ0) is 21.3. The summed E-state index contributed by atoms with van der Waals surface area (Å²) in [6.45, 7) is 4.77. The van der Waals surface area contributed by atoms with E-state index in [0.29, 0.717) is 29.5 Å². The molecule has 1 unspecified atom stereocenters. The molecule has 2 aromatic rings. The summed E-state index contributed by atoms with van der Waals surface area (Å²) in [6.07, 6.45) is 1.92. The molecule has 1 aliphatic heterocycles. The second kappa shape index (κ2) is 8.19. The summed E-state index contributed by atoms with van der Waals surface area (Å²) in [5.41, 5.74) is 0.775. The van der Waals surface area contributed by atoms with E-state index in [1.165, 1.54) is 12.8 Å². The monoisotopic (exact) mass is 411 g/mol. The summed E-state index contributed by atoms with van der Waals surface area (Å²) in [7, 11) is 3.20. The van der Waals surface area contributed by atoms with E-state index >= 15 is 0 Å². The number of hydrogen-bond donors (Lipinski definition) is 0. The Morgan fingerprint density at radius 3 is 2.23 bits per heavy atom. The minimum absolute atomic E-state index is 0.0745. The molecule has 0 N–H and O–H groups in total. The molecule has 4 rings (SSSR count). The molecular weight excluding hydrogens is 382 g/mol. The quantitative estimate of drug-likeness (QED) is 0.647. The van der Waals surface area contributed by atoms with E-state index in [9.17, 15) is 4.79 Å². The number of methoxy groups -OCH3 is 2. The molecule has 30 heavy (non-hydrogen) atoms. The molecule has 0 aromatic heterocycles. The Morgan fingerprint density at radius 1 is 1.03 bits per heavy atom. The largest absolute Gasteiger partial charge is 0.496 e. The van der Waals surface area contributed by atoms with Gasteiger partial charge in [-0.2, -0.15) is 0 Å². The molecule has 2 aromatic carbocycles. The van der Waals surface area contributed by atoms with Gasteiger partial charge in [-0.25, -0.2) is 0 Å². The highest BCUT2D eigenvalue weighted by Crippen LogP contribution is 2.45. The van der Waals surface area contributed by atoms with Crippen molar-refractivity contribution in [2.24, 2.45) is 5.92 Å². The Hall–Kier alpha value is -2.73. The number of amides is 1. The second-order valence-electron chi connectivity index (χ2n) is 8.39. The van der Waals surface area contributed by atoms with Crippen molar-refractivity contribution in [3.8, 4) is 17.2 Å². The van der Waals surface area contributed by atoms with E-state index in [4.69, 9.17) is 18.9 Å². The summed E-state index contributed by atoms with van der Waals surface area (Å²) in [4.78, 5) is 14.9. The Kier molecular flexibility index (Phi) is 5.60. The fourth-order valence-electron chi connectivity index (χ4n) is 3.72. The maximum absolute atomic E-state index is 13.2. The minimum Gasteiger partial charge on any atom is -0.496 e. The molecule has 1 amide bonds. The Morgan fingerprint density at radius 2 is 1.67 bits per heavy atom. The van der Waals surface area contributed by atoms with Crippen LogP contribution in [0.15, 0.2) is 42.5 Å². The molecular formula is C24H29NO5. The van der Waals surface area contributed by atoms with Crippen LogP contribution in [0.1, 0.15) is 44.0 Å². The Bertz CT molecular complexity index is 882. The first-order valence-electron chi connectivity index (χ1n) is 10.3. The van der Waals surface area contributed by atoms with Crippen molar-refractivity contribution in [1.29, 1.82) is 0 Å². The summed E-state index contributed by atoms with van der Waals surface area (Å²) < 4.78 is 23.1. The molecule has 1 saturated carbocycles. The van der Waals surface area contributed by atoms with Gasteiger partial charge in [-0.3, -0.25) is 4.79 Å². The molecule has 0 bridgehead atoms. The zero-order valence-corrected chi connectivity index (χ0v) is 18.0. The Labute approximate surface area is 177 Å². The lowest BCUT2D eigenvalue weighted by Gasteiger charge is -2.26. The molecule has 6 nitrogen and oxygen atoms in total. The molecule has 1 aliphatic carbocycles. The zero-order valence-electron chi connectivity index (χ0n) is 18.0. The number of benzene rings is 2. The summed E-state index contributed by atoms with van der Waals surface area (Å²) >= 11 is 0. The van der Waals surface area contributed by atoms with Crippen LogP contribution < -0.4 is 14.2 Å². The van der Waals surface area contributed by atoms with Gasteiger partial charge in [-0.05, 0) is 62.4 Å². The number of ether oxygens (including phenoxy) is 4. The maximum atomic E-state index is 13.2. The van der Waals surface area contributed by atoms with Gasteiger partial charge in [0.05, 0.1) is 26.4 Å². The van der Waals surface area contributed by atoms with E-state index in [0.717, 1.165) is 17.9 Å². The molecule has 1 atom stereocenters. The predicted molar refractivity (Wildman–Crippen MR) is 113 cm³/mol. The number of carbonyl (C=O) groups is 1. The van der Waals surface area contributed by atoms with Crippen molar-refractivity contribution in [3.05, 3.63) is 53.6 Å². The van der Waals surface area contributed by atoms with Crippen molar-refractivity contribution in [3.63, 3.8) is 0 Å². The summed E-state index contributed by atoms with van der Waals surface area (Å²) in [5.74, 6) is 2.74. The average molecular weight is 411 g/mol. The third-order valence-corrected chi connectivity index (χ3v) is 5.64. The molecule has 1 heterocycles. The van der Waals surface area contributed by atoms with Crippen molar-refractivity contribution in [2.45, 2.75) is 45.1 Å². The smallest absolute Gasteiger partial charge is 0.256 e. The van der Waals surface area contributed by atoms with Crippen LogP contribution in [0.3, 0.4) is 0 Å². The van der Waals surface area contributed by atoms with Crippen LogP contribution in [0.5, 0.6) is 17.2 Å². The summed E-state index contributed by atoms with van der Waals surface area (Å²) in [6, 6.07) is 13.5. The van der Waals surface area contributed by atoms with Crippen LogP contribution in [-0.4, -0.2) is 37.2 Å². The second-order valence-corrected chi connectivity index (χ2v) is 8.39. The highest BCUT2D eigenvalue weighted by molar-refractivity contribution is 5.86. The van der Waals surface area contributed by atoms with E-state index in [-0.39, 0.29) is 5.91 Å². The van der Waals surface area contributed by atoms with Gasteiger partial charge in [-0.15, -0.1) is 0 Å². The van der Waals surface area contributed by atoms with Crippen molar-refractivity contribution in [2.75, 3.05) is 20.8 Å². The van der Waals surface area contributed by atoms with Gasteiger partial charge in [-0.1, -0.05) is 18.2 Å². The normalized spacial score (nSPS) is 20.3. The first-order valence-corrected chi connectivity index (χ1v) is 10.3. The van der Waals surface area contributed by atoms with Crippen molar-refractivity contribution in [1.82, 2.24) is 4.90 Å². The third-order valence-electron chi connectivity index (χ3n) is 5.64. The molecule has 160 valence electrons. The van der Waals surface area contributed by atoms with Gasteiger partial charge in [0.2, 0.25) is 0 Å². The summed E-state index contributed by atoms with van der Waals surface area (Å²) in [5, 5.41) is 0. The highest BCUT2D eigenvalue weighted by atomic mass is 16.6. The fourth-order valence-corrected chi connectivity index (χ4v) is 3.72. The number of rotatable bonds is 8. The van der Waals surface area contributed by atoms with Crippen LogP contribution in [0, 0.1) is 5.92 Å². The molecule has 2 fully saturated rings. The fraction of sp³-hybridized carbons (Fsp3) is 0.458. The van der Waals surface area contributed by atoms with Crippen LogP contribution in [0.4, 0.5) is 0 Å². The van der Waals surface area contributed by atoms with Crippen LogP contribution in [-0.2, 0) is 16.1 Å². The lowest BCUT2D eigenvalue weighted by molar-refractivity contribution is -0.134. The van der Waals surface area contributed by atoms with Gasteiger partial charge in [0.25, 0.3) is 5.91 Å². The molecule has 0 radical (unpaired) electrons. The van der Waals surface area contributed by atoms with Gasteiger partial charge in [0, 0.05) is 6.54 Å². The number of nitrogens with zero attached hydrogens (tertiary/aromatic N) is 1. The van der Waals surface area contributed by atoms with Crippen LogP contribution in [0.25, 0.3) is 0 Å². The first kappa shape index (κ1) is 20.5. The molecule has 6 heteroatoms. The Balaban J connectivity index is 1.59. The SMILES string of the molecule is COc1cccc(OC)c1C1OC(C)(C)C(=O)N1Cc1ccc(OCC2CC2)cc1. The van der Waals surface area contributed by atoms with Crippen molar-refractivity contribution < 1.29 is 23.7 Å². The van der Waals surface area contributed by atoms with Crippen molar-refractivity contribution >= 4 is 5.91 Å². The van der Waals surface area contributed by atoms with Crippen LogP contribution >= 0.6 is 0 Å². The topological polar surface area (TPSA) is 57.2 Å². The third kappa shape index (κ3) is 4.10. The number of hydrogen-bond acceptors (Lipinski definition) is 5. The first-order chi connectivity index (χ1) is 14.4. The standard InChI is InChI=1S/C24H29NO5/c1-24(2)23(26)25(14-16-10-12-18(13-11-16)29-15-17-8-9-17)22(30-24)21-19(27-3)6-5-7-20(21)28-4/h5-7,10-13,17,22H,8-9,14-15H2,1-4H3. The van der Waals surface area contributed by atoms with E-state index in [1.54, 1.807) is 33.0 Å². The lowest BCUT2D eigenvalue weighted by atomic mass is 10.1. The van der Waals surface area contributed by atoms with Gasteiger partial charge in [0.1, 0.15) is 22.8 Å². The predicted octanol–water partition coefficient (Wildman–Crippen LogP) is 4.33. The highest BCUT2D eigenvalue weighted by Gasteiger charge is 2.48. The van der Waals surface area contributed by atoms with Crippen LogP contribution in [0.2, 0.25) is 0 Å². The van der Waals surface area contributed by atoms with E-state index in [1.807, 2.05) is 42.5 Å². The number of carbonyl (C=O) groups excluding carboxylic acids is 1. The average Bonchev–Trinajstić information content (AvgIpc) is 3.55. The van der Waals surface area contributed by atoms with Gasteiger partial charge >= 0.3 is 0 Å². The molecule has 2 aliphatic rings. The lowest BCUT2D eigenvalue weighted by Crippen LogP contribution is -2.35. The van der Waals surface area contributed by atoms with E-state index in [2.05, 4.69) is 0 Å². The van der Waals surface area contributed by atoms with Gasteiger partial charge in [0.15, 0.2) is 6.23 Å². The maximum Gasteiger partial charge on any atom is 0.256 e. The molecule has 0 spiro atoms. The molecule has 1 saturated heterocycles.